The van der Waals surface area contributed by atoms with Gasteiger partial charge in [-0.25, -0.2) is 19.3 Å². The zero-order chi connectivity index (χ0) is 24.4. The van der Waals surface area contributed by atoms with Crippen molar-refractivity contribution >= 4 is 55.7 Å². The van der Waals surface area contributed by atoms with E-state index >= 15 is 4.39 Å². The fourth-order valence-corrected chi connectivity index (χ4v) is 4.85. The molecule has 0 saturated carbocycles. The highest BCUT2D eigenvalue weighted by Crippen LogP contribution is 2.38. The molecule has 0 bridgehead atoms. The van der Waals surface area contributed by atoms with E-state index in [1.807, 2.05) is 12.1 Å². The van der Waals surface area contributed by atoms with Gasteiger partial charge in [0.2, 0.25) is 0 Å². The lowest BCUT2D eigenvalue weighted by molar-refractivity contribution is -0.0832. The molecule has 1 aliphatic heterocycles. The van der Waals surface area contributed by atoms with Gasteiger partial charge in [-0.1, -0.05) is 6.92 Å². The largest absolute Gasteiger partial charge is 0.489 e. The Balaban J connectivity index is 1.64. The van der Waals surface area contributed by atoms with Crippen LogP contribution >= 0.6 is 11.3 Å². The van der Waals surface area contributed by atoms with Gasteiger partial charge in [0, 0.05) is 31.0 Å². The number of nitrogens with one attached hydrogen (secondary N) is 1. The zero-order valence-corrected chi connectivity index (χ0v) is 20.2. The Kier molecular flexibility index (Phi) is 6.56. The number of aliphatic imine (C=N–C) groups is 1. The van der Waals surface area contributed by atoms with Crippen LogP contribution in [0.25, 0.3) is 26.7 Å². The van der Waals surface area contributed by atoms with E-state index in [0.29, 0.717) is 57.5 Å². The molecule has 4 aromatic rings. The molecular formula is C25H25FN6O2S. The Morgan fingerprint density at radius 2 is 2.17 bits per heavy atom. The Morgan fingerprint density at radius 1 is 1.31 bits per heavy atom. The summed E-state index contributed by atoms with van der Waals surface area (Å²) < 4.78 is 27.6. The highest BCUT2D eigenvalue weighted by molar-refractivity contribution is 7.16. The molecule has 35 heavy (non-hydrogen) atoms. The molecule has 2 aromatic heterocycles. The van der Waals surface area contributed by atoms with Gasteiger partial charge in [0.25, 0.3) is 0 Å². The van der Waals surface area contributed by atoms with Crippen molar-refractivity contribution < 1.29 is 13.9 Å². The second kappa shape index (κ2) is 9.93. The van der Waals surface area contributed by atoms with Crippen LogP contribution in [0.4, 0.5) is 15.9 Å². The SMILES string of the molecule is CC[C@@H](Oc1cc(/C(C=NC)=C/N)cc2ncnc(Nc3ccc4ncsc4c3F)c12)C1COC1. The van der Waals surface area contributed by atoms with E-state index in [2.05, 4.69) is 32.2 Å². The van der Waals surface area contributed by atoms with Crippen LogP contribution in [0.1, 0.15) is 18.9 Å². The molecule has 8 nitrogen and oxygen atoms in total. The predicted octanol–water partition coefficient (Wildman–Crippen LogP) is 4.93. The number of allylic oxidation sites excluding steroid dienone is 1. The highest BCUT2D eigenvalue weighted by Gasteiger charge is 2.30. The summed E-state index contributed by atoms with van der Waals surface area (Å²) in [5.74, 6) is 0.956. The number of hydrogen-bond acceptors (Lipinski definition) is 9. The first kappa shape index (κ1) is 23.1. The summed E-state index contributed by atoms with van der Waals surface area (Å²) in [6, 6.07) is 7.24. The predicted molar refractivity (Wildman–Crippen MR) is 138 cm³/mol. The molecular weight excluding hydrogens is 467 g/mol. The van der Waals surface area contributed by atoms with Crippen molar-refractivity contribution in [3.63, 3.8) is 0 Å². The van der Waals surface area contributed by atoms with Crippen molar-refractivity contribution in [2.75, 3.05) is 25.6 Å². The second-order valence-electron chi connectivity index (χ2n) is 8.21. The van der Waals surface area contributed by atoms with E-state index in [-0.39, 0.29) is 11.9 Å². The van der Waals surface area contributed by atoms with E-state index in [1.54, 1.807) is 30.9 Å². The summed E-state index contributed by atoms with van der Waals surface area (Å²) in [7, 11) is 1.68. The van der Waals surface area contributed by atoms with Crippen LogP contribution in [0.2, 0.25) is 0 Å². The van der Waals surface area contributed by atoms with Crippen molar-refractivity contribution in [3.05, 3.63) is 53.7 Å². The normalized spacial score (nSPS) is 15.6. The lowest BCUT2D eigenvalue weighted by Gasteiger charge is -2.33. The summed E-state index contributed by atoms with van der Waals surface area (Å²) in [5.41, 5.74) is 10.6. The average molecular weight is 493 g/mol. The van der Waals surface area contributed by atoms with Crippen molar-refractivity contribution in [2.24, 2.45) is 16.6 Å². The van der Waals surface area contributed by atoms with Crippen LogP contribution in [-0.4, -0.2) is 47.5 Å². The fourth-order valence-electron chi connectivity index (χ4n) is 4.13. The molecule has 0 spiro atoms. The van der Waals surface area contributed by atoms with E-state index in [0.717, 1.165) is 17.6 Å². The highest BCUT2D eigenvalue weighted by atomic mass is 32.1. The number of rotatable bonds is 8. The number of fused-ring (bicyclic) bond motifs is 2. The third-order valence-electron chi connectivity index (χ3n) is 6.04. The van der Waals surface area contributed by atoms with E-state index < -0.39 is 0 Å². The molecule has 1 fully saturated rings. The first-order chi connectivity index (χ1) is 17.1. The van der Waals surface area contributed by atoms with Gasteiger partial charge in [-0.3, -0.25) is 4.99 Å². The smallest absolute Gasteiger partial charge is 0.166 e. The van der Waals surface area contributed by atoms with Crippen LogP contribution in [-0.2, 0) is 4.74 Å². The van der Waals surface area contributed by atoms with Gasteiger partial charge in [-0.05, 0) is 36.2 Å². The first-order valence-corrected chi connectivity index (χ1v) is 12.2. The van der Waals surface area contributed by atoms with E-state index in [4.69, 9.17) is 15.2 Å². The van der Waals surface area contributed by atoms with Crippen molar-refractivity contribution in [3.8, 4) is 5.75 Å². The van der Waals surface area contributed by atoms with Crippen LogP contribution in [0, 0.1) is 11.7 Å². The van der Waals surface area contributed by atoms with Gasteiger partial charge in [-0.2, -0.15) is 0 Å². The first-order valence-electron chi connectivity index (χ1n) is 11.3. The van der Waals surface area contributed by atoms with Crippen molar-refractivity contribution in [1.82, 2.24) is 15.0 Å². The van der Waals surface area contributed by atoms with Gasteiger partial charge >= 0.3 is 0 Å². The minimum absolute atomic E-state index is 0.0503. The molecule has 2 aromatic carbocycles. The summed E-state index contributed by atoms with van der Waals surface area (Å²) in [4.78, 5) is 17.2. The molecule has 0 unspecified atom stereocenters. The van der Waals surface area contributed by atoms with Gasteiger partial charge in [0.05, 0.1) is 45.5 Å². The molecule has 1 aliphatic rings. The number of ether oxygens (including phenoxy) is 2. The van der Waals surface area contributed by atoms with Crippen LogP contribution < -0.4 is 15.8 Å². The van der Waals surface area contributed by atoms with Gasteiger partial charge in [0.1, 0.15) is 24.0 Å². The summed E-state index contributed by atoms with van der Waals surface area (Å²) in [5, 5.41) is 3.81. The topological polar surface area (TPSA) is 108 Å². The van der Waals surface area contributed by atoms with Crippen LogP contribution in [0.5, 0.6) is 5.75 Å². The van der Waals surface area contributed by atoms with E-state index in [1.165, 1.54) is 23.9 Å². The Bertz CT molecular complexity index is 1430. The summed E-state index contributed by atoms with van der Waals surface area (Å²) >= 11 is 1.26. The Hall–Kier alpha value is -3.63. The molecule has 3 N–H and O–H groups in total. The number of halogens is 1. The van der Waals surface area contributed by atoms with Crippen molar-refractivity contribution in [1.29, 1.82) is 0 Å². The average Bonchev–Trinajstić information content (AvgIpc) is 3.32. The summed E-state index contributed by atoms with van der Waals surface area (Å²) in [6.07, 6.45) is 5.38. The maximum Gasteiger partial charge on any atom is 0.166 e. The number of nitrogens with zero attached hydrogens (tertiary/aromatic N) is 4. The number of anilines is 2. The number of thiazole rings is 1. The lowest BCUT2D eigenvalue weighted by atomic mass is 9.98. The molecule has 0 aliphatic carbocycles. The second-order valence-corrected chi connectivity index (χ2v) is 9.07. The van der Waals surface area contributed by atoms with Gasteiger partial charge in [-0.15, -0.1) is 11.3 Å². The molecule has 5 rings (SSSR count). The number of benzene rings is 2. The third-order valence-corrected chi connectivity index (χ3v) is 6.88. The Morgan fingerprint density at radius 3 is 2.89 bits per heavy atom. The molecule has 3 heterocycles. The quantitative estimate of drug-likeness (QED) is 0.336. The standard InChI is InChI=1S/C25H25FN6O2S/c1-3-20(16-10-33-11-16)34-21-7-14(15(8-27)9-28-2)6-19-22(21)25(30-12-29-19)32-17-4-5-18-24(23(17)26)35-13-31-18/h4-9,12-13,16,20H,3,10-11,27H2,1-2H3,(H,29,30,32)/b15-8+,28-9?/t20-/m1/s1. The Labute approximate surface area is 205 Å². The molecule has 0 amide bonds. The molecule has 0 radical (unpaired) electrons. The number of aromatic nitrogens is 3. The van der Waals surface area contributed by atoms with Crippen LogP contribution in [0.3, 0.4) is 0 Å². The molecule has 1 saturated heterocycles. The summed E-state index contributed by atoms with van der Waals surface area (Å²) in [6.45, 7) is 3.40. The molecule has 180 valence electrons. The van der Waals surface area contributed by atoms with E-state index in [9.17, 15) is 0 Å². The molecule has 10 heteroatoms. The minimum Gasteiger partial charge on any atom is -0.489 e. The third kappa shape index (κ3) is 4.42. The van der Waals surface area contributed by atoms with Crippen LogP contribution in [0.15, 0.2) is 47.3 Å². The lowest BCUT2D eigenvalue weighted by Crippen LogP contribution is -2.40. The number of nitrogens with two attached hydrogens (primary N) is 1. The van der Waals surface area contributed by atoms with Gasteiger partial charge < -0.3 is 20.5 Å². The maximum atomic E-state index is 15.2. The zero-order valence-electron chi connectivity index (χ0n) is 19.4. The fraction of sp³-hybridized carbons (Fsp3) is 0.280. The number of hydrogen-bond donors (Lipinski definition) is 2. The van der Waals surface area contributed by atoms with Crippen molar-refractivity contribution in [2.45, 2.75) is 19.4 Å². The van der Waals surface area contributed by atoms with Gasteiger partial charge in [0.15, 0.2) is 5.82 Å². The monoisotopic (exact) mass is 492 g/mol. The minimum atomic E-state index is -0.374. The molecule has 1 atom stereocenters. The maximum absolute atomic E-state index is 15.2.